The number of ether oxygens (including phenoxy) is 1. The first-order chi connectivity index (χ1) is 13.3. The van der Waals surface area contributed by atoms with E-state index in [0.717, 1.165) is 32.1 Å². The fourth-order valence-electron chi connectivity index (χ4n) is 3.09. The van der Waals surface area contributed by atoms with Crippen molar-refractivity contribution in [2.24, 2.45) is 10.2 Å². The maximum absolute atomic E-state index is 13.4. The first kappa shape index (κ1) is 22.1. The van der Waals surface area contributed by atoms with E-state index in [1.54, 1.807) is 0 Å². The number of rotatable bonds is 11. The van der Waals surface area contributed by atoms with Crippen molar-refractivity contribution < 1.29 is 27.8 Å². The topological polar surface area (TPSA) is 84.1 Å². The van der Waals surface area contributed by atoms with E-state index in [-0.39, 0.29) is 37.3 Å². The summed E-state index contributed by atoms with van der Waals surface area (Å²) in [5.41, 5.74) is -1.93. The summed E-state index contributed by atoms with van der Waals surface area (Å²) in [7, 11) is 0. The number of alkyl halides is 3. The number of hydrogen-bond donors (Lipinski definition) is 1. The Labute approximate surface area is 162 Å². The third kappa shape index (κ3) is 5.65. The lowest BCUT2D eigenvalue weighted by molar-refractivity contribution is -0.186. The average Bonchev–Trinajstić information content (AvgIpc) is 3.13. The highest BCUT2D eigenvalue weighted by Gasteiger charge is 2.56. The van der Waals surface area contributed by atoms with Crippen LogP contribution in [0.4, 0.5) is 13.2 Å². The van der Waals surface area contributed by atoms with Gasteiger partial charge in [0.15, 0.2) is 5.54 Å². The number of aryl methyl sites for hydroxylation is 1. The molecule has 1 aromatic heterocycles. The molecule has 1 aliphatic heterocycles. The third-order valence-corrected chi connectivity index (χ3v) is 4.84. The van der Waals surface area contributed by atoms with Gasteiger partial charge in [-0.2, -0.15) is 23.4 Å². The van der Waals surface area contributed by atoms with Crippen molar-refractivity contribution in [3.63, 3.8) is 0 Å². The summed E-state index contributed by atoms with van der Waals surface area (Å²) < 4.78 is 45.7. The molecule has 0 saturated heterocycles. The Morgan fingerprint density at radius 1 is 1.25 bits per heavy atom. The third-order valence-electron chi connectivity index (χ3n) is 4.84. The lowest BCUT2D eigenvalue weighted by Crippen LogP contribution is -2.42. The molecule has 1 atom stereocenters. The maximum Gasteiger partial charge on any atom is 0.415 e. The molecule has 2 heterocycles. The fraction of sp³-hybridized carbons (Fsp3) is 0.684. The molecule has 28 heavy (non-hydrogen) atoms. The fourth-order valence-corrected chi connectivity index (χ4v) is 3.09. The van der Waals surface area contributed by atoms with E-state index in [2.05, 4.69) is 22.1 Å². The molecule has 1 N–H and O–H groups in total. The molecule has 156 valence electrons. The molecule has 0 fully saturated rings. The van der Waals surface area contributed by atoms with Crippen molar-refractivity contribution in [3.8, 4) is 5.88 Å². The second-order valence-corrected chi connectivity index (χ2v) is 6.97. The predicted molar refractivity (Wildman–Crippen MR) is 96.9 cm³/mol. The molecule has 0 radical (unpaired) electrons. The van der Waals surface area contributed by atoms with Gasteiger partial charge in [0.25, 0.3) is 0 Å². The molecular weight excluding hydrogens is 375 g/mol. The summed E-state index contributed by atoms with van der Waals surface area (Å²) in [6.07, 6.45) is 0.127. The van der Waals surface area contributed by atoms with Crippen molar-refractivity contribution in [1.82, 2.24) is 4.98 Å². The quantitative estimate of drug-likeness (QED) is 0.515. The first-order valence-electron chi connectivity index (χ1n) is 9.60. The van der Waals surface area contributed by atoms with E-state index in [9.17, 15) is 23.1 Å². The molecule has 6 nitrogen and oxygen atoms in total. The van der Waals surface area contributed by atoms with Crippen LogP contribution in [0.25, 0.3) is 0 Å². The van der Waals surface area contributed by atoms with Crippen LogP contribution < -0.4 is 4.74 Å². The van der Waals surface area contributed by atoms with Crippen molar-refractivity contribution in [2.75, 3.05) is 13.2 Å². The largest absolute Gasteiger partial charge is 0.477 e. The van der Waals surface area contributed by atoms with Gasteiger partial charge in [-0.05, 0) is 31.4 Å². The monoisotopic (exact) mass is 401 g/mol. The van der Waals surface area contributed by atoms with Crippen LogP contribution >= 0.6 is 0 Å². The van der Waals surface area contributed by atoms with Crippen LogP contribution in [-0.2, 0) is 6.42 Å². The maximum atomic E-state index is 13.4. The summed E-state index contributed by atoms with van der Waals surface area (Å²) in [6.45, 7) is 2.49. The highest BCUT2D eigenvalue weighted by atomic mass is 19.4. The van der Waals surface area contributed by atoms with Crippen LogP contribution in [-0.4, -0.2) is 40.9 Å². The Balaban J connectivity index is 2.03. The Kier molecular flexibility index (Phi) is 7.77. The zero-order valence-corrected chi connectivity index (χ0v) is 16.0. The van der Waals surface area contributed by atoms with Gasteiger partial charge in [-0.3, -0.25) is 0 Å². The second kappa shape index (κ2) is 9.84. The summed E-state index contributed by atoms with van der Waals surface area (Å²) >= 11 is 0. The van der Waals surface area contributed by atoms with E-state index < -0.39 is 17.7 Å². The van der Waals surface area contributed by atoms with Crippen LogP contribution in [0.15, 0.2) is 22.4 Å². The number of azo groups is 1. The van der Waals surface area contributed by atoms with Gasteiger partial charge in [-0.15, -0.1) is 0 Å². The minimum Gasteiger partial charge on any atom is -0.477 e. The zero-order valence-electron chi connectivity index (χ0n) is 16.0. The van der Waals surface area contributed by atoms with E-state index in [1.807, 2.05) is 0 Å². The van der Waals surface area contributed by atoms with Crippen LogP contribution in [0.1, 0.15) is 67.9 Å². The zero-order chi connectivity index (χ0) is 20.6. The highest BCUT2D eigenvalue weighted by Crippen LogP contribution is 2.43. The van der Waals surface area contributed by atoms with Crippen LogP contribution in [0.2, 0.25) is 0 Å². The van der Waals surface area contributed by atoms with Crippen molar-refractivity contribution in [1.29, 1.82) is 0 Å². The molecule has 0 saturated carbocycles. The van der Waals surface area contributed by atoms with E-state index in [1.165, 1.54) is 12.1 Å². The van der Waals surface area contributed by atoms with Gasteiger partial charge in [0, 0.05) is 12.1 Å². The summed E-state index contributed by atoms with van der Waals surface area (Å²) in [6, 6.07) is 2.75. The number of aromatic carboxylic acids is 1. The molecule has 0 amide bonds. The Hall–Kier alpha value is -2.19. The molecule has 2 rings (SSSR count). The van der Waals surface area contributed by atoms with Gasteiger partial charge in [0.2, 0.25) is 5.88 Å². The number of unbranched alkanes of at least 4 members (excludes halogenated alkanes) is 4. The van der Waals surface area contributed by atoms with Gasteiger partial charge >= 0.3 is 12.1 Å². The average molecular weight is 401 g/mol. The lowest BCUT2D eigenvalue weighted by atomic mass is 9.90. The summed E-state index contributed by atoms with van der Waals surface area (Å²) in [5.74, 6) is -1.23. The highest BCUT2D eigenvalue weighted by molar-refractivity contribution is 5.90. The standard InChI is InChI=1S/C19H26F3N3O3/c1-2-3-4-5-6-13-28-16-15(17(26)27)8-7-14(24-16)9-10-18(19(20,21)22)11-12-23-25-18/h7-8H,2-6,9-13H2,1H3,(H,26,27). The van der Waals surface area contributed by atoms with Gasteiger partial charge in [-0.25, -0.2) is 9.78 Å². The number of hydrogen-bond acceptors (Lipinski definition) is 5. The number of aromatic nitrogens is 1. The Morgan fingerprint density at radius 2 is 2.00 bits per heavy atom. The van der Waals surface area contributed by atoms with Gasteiger partial charge in [0.1, 0.15) is 5.56 Å². The van der Waals surface area contributed by atoms with Crippen LogP contribution in [0.3, 0.4) is 0 Å². The van der Waals surface area contributed by atoms with Crippen molar-refractivity contribution >= 4 is 5.97 Å². The molecule has 0 aliphatic carbocycles. The summed E-state index contributed by atoms with van der Waals surface area (Å²) in [4.78, 5) is 15.5. The van der Waals surface area contributed by atoms with E-state index in [4.69, 9.17) is 4.74 Å². The Morgan fingerprint density at radius 3 is 2.61 bits per heavy atom. The summed E-state index contributed by atoms with van der Waals surface area (Å²) in [5, 5.41) is 16.3. The number of nitrogens with zero attached hydrogens (tertiary/aromatic N) is 3. The molecule has 1 unspecified atom stereocenters. The Bertz CT molecular complexity index is 695. The molecule has 0 aromatic carbocycles. The molecule has 1 aliphatic rings. The van der Waals surface area contributed by atoms with Crippen LogP contribution in [0.5, 0.6) is 5.88 Å². The smallest absolute Gasteiger partial charge is 0.415 e. The van der Waals surface area contributed by atoms with Crippen molar-refractivity contribution in [2.45, 2.75) is 70.0 Å². The van der Waals surface area contributed by atoms with Crippen molar-refractivity contribution in [3.05, 3.63) is 23.4 Å². The van der Waals surface area contributed by atoms with Gasteiger partial charge in [-0.1, -0.05) is 32.6 Å². The normalized spacial score (nSPS) is 19.1. The minimum absolute atomic E-state index is 0.00525. The predicted octanol–water partition coefficient (Wildman–Crippen LogP) is 5.22. The molecule has 1 aromatic rings. The van der Waals surface area contributed by atoms with E-state index in [0.29, 0.717) is 12.3 Å². The minimum atomic E-state index is -4.48. The second-order valence-electron chi connectivity index (χ2n) is 6.97. The van der Waals surface area contributed by atoms with Crippen LogP contribution in [0, 0.1) is 0 Å². The SMILES string of the molecule is CCCCCCCOc1nc(CCC2(C(F)(F)F)CCN=N2)ccc1C(=O)O. The van der Waals surface area contributed by atoms with Gasteiger partial charge < -0.3 is 9.84 Å². The molecular formula is C19H26F3N3O3. The number of carboxylic acids is 1. The number of carbonyl (C=O) groups is 1. The number of halogens is 3. The number of carboxylic acid groups (broad SMARTS) is 1. The first-order valence-corrected chi connectivity index (χ1v) is 9.60. The number of pyridine rings is 1. The molecule has 0 spiro atoms. The van der Waals surface area contributed by atoms with E-state index >= 15 is 0 Å². The van der Waals surface area contributed by atoms with Gasteiger partial charge in [0.05, 0.1) is 13.2 Å². The molecule has 9 heteroatoms. The lowest BCUT2D eigenvalue weighted by Gasteiger charge is -2.27. The molecule has 0 bridgehead atoms.